The van der Waals surface area contributed by atoms with Gasteiger partial charge in [0.25, 0.3) is 0 Å². The summed E-state index contributed by atoms with van der Waals surface area (Å²) in [6, 6.07) is 11.7. The van der Waals surface area contributed by atoms with Crippen molar-refractivity contribution in [2.24, 2.45) is 0 Å². The Morgan fingerprint density at radius 3 is 2.85 bits per heavy atom. The molecule has 1 aromatic carbocycles. The largest absolute Gasteiger partial charge is 0.447 e. The number of anilines is 2. The number of hydrogen-bond acceptors (Lipinski definition) is 4. The fourth-order valence-electron chi connectivity index (χ4n) is 2.12. The molecule has 5 nitrogen and oxygen atoms in total. The topological polar surface area (TPSA) is 54.5 Å². The van der Waals surface area contributed by atoms with E-state index in [0.29, 0.717) is 13.2 Å². The Kier molecular flexibility index (Phi) is 3.50. The van der Waals surface area contributed by atoms with E-state index >= 15 is 0 Å². The summed E-state index contributed by atoms with van der Waals surface area (Å²) in [5.41, 5.74) is 2.98. The molecule has 2 heterocycles. The van der Waals surface area contributed by atoms with E-state index in [4.69, 9.17) is 4.74 Å². The van der Waals surface area contributed by atoms with Crippen molar-refractivity contribution in [2.75, 3.05) is 23.4 Å². The van der Waals surface area contributed by atoms with Crippen LogP contribution in [0.25, 0.3) is 0 Å². The second kappa shape index (κ2) is 5.61. The Morgan fingerprint density at radius 2 is 2.10 bits per heavy atom. The molecule has 0 spiro atoms. The van der Waals surface area contributed by atoms with E-state index in [-0.39, 0.29) is 6.09 Å². The molecule has 1 aliphatic heterocycles. The molecule has 1 amide bonds. The predicted molar refractivity (Wildman–Crippen MR) is 76.7 cm³/mol. The molecule has 20 heavy (non-hydrogen) atoms. The molecule has 102 valence electrons. The molecule has 3 rings (SSSR count). The van der Waals surface area contributed by atoms with Crippen LogP contribution in [0, 0.1) is 0 Å². The van der Waals surface area contributed by atoms with Gasteiger partial charge in [-0.15, -0.1) is 0 Å². The van der Waals surface area contributed by atoms with E-state index in [2.05, 4.69) is 10.3 Å². The molecule has 1 N–H and O–H groups in total. The Morgan fingerprint density at radius 1 is 1.25 bits per heavy atom. The summed E-state index contributed by atoms with van der Waals surface area (Å²) >= 11 is 0. The van der Waals surface area contributed by atoms with Crippen LogP contribution >= 0.6 is 0 Å². The predicted octanol–water partition coefficient (Wildman–Crippen LogP) is 2.65. The van der Waals surface area contributed by atoms with Gasteiger partial charge in [0, 0.05) is 30.3 Å². The number of carbonyl (C=O) groups is 1. The van der Waals surface area contributed by atoms with Gasteiger partial charge in [-0.3, -0.25) is 9.88 Å². The number of rotatable bonds is 4. The second-order valence-corrected chi connectivity index (χ2v) is 4.53. The molecule has 1 saturated heterocycles. The first-order valence-corrected chi connectivity index (χ1v) is 6.50. The van der Waals surface area contributed by atoms with Crippen molar-refractivity contribution in [2.45, 2.75) is 6.54 Å². The third kappa shape index (κ3) is 2.71. The number of hydrogen-bond donors (Lipinski definition) is 1. The molecule has 0 atom stereocenters. The Labute approximate surface area is 117 Å². The van der Waals surface area contributed by atoms with Gasteiger partial charge in [-0.25, -0.2) is 4.79 Å². The zero-order valence-corrected chi connectivity index (χ0v) is 11.0. The van der Waals surface area contributed by atoms with Gasteiger partial charge in [0.15, 0.2) is 0 Å². The van der Waals surface area contributed by atoms with Gasteiger partial charge in [0.2, 0.25) is 0 Å². The lowest BCUT2D eigenvalue weighted by Gasteiger charge is -2.14. The van der Waals surface area contributed by atoms with Gasteiger partial charge in [0.05, 0.1) is 6.54 Å². The van der Waals surface area contributed by atoms with E-state index in [9.17, 15) is 4.79 Å². The van der Waals surface area contributed by atoms with Gasteiger partial charge in [-0.2, -0.15) is 0 Å². The van der Waals surface area contributed by atoms with Gasteiger partial charge < -0.3 is 10.1 Å². The summed E-state index contributed by atoms with van der Waals surface area (Å²) in [5.74, 6) is 0. The molecule has 2 aromatic rings. The molecule has 1 aliphatic rings. The maximum Gasteiger partial charge on any atom is 0.414 e. The Hall–Kier alpha value is -2.56. The number of nitrogens with one attached hydrogen (secondary N) is 1. The molecular formula is C15H15N3O2. The smallest absolute Gasteiger partial charge is 0.414 e. The second-order valence-electron chi connectivity index (χ2n) is 4.53. The normalized spacial score (nSPS) is 14.2. The van der Waals surface area contributed by atoms with Gasteiger partial charge in [-0.1, -0.05) is 6.07 Å². The Balaban J connectivity index is 1.70. The van der Waals surface area contributed by atoms with E-state index in [0.717, 1.165) is 23.5 Å². The van der Waals surface area contributed by atoms with Crippen LogP contribution in [0.4, 0.5) is 16.2 Å². The van der Waals surface area contributed by atoms with E-state index < -0.39 is 0 Å². The zero-order chi connectivity index (χ0) is 13.8. The highest BCUT2D eigenvalue weighted by Gasteiger charge is 2.23. The van der Waals surface area contributed by atoms with Crippen molar-refractivity contribution in [3.05, 3.63) is 54.4 Å². The number of nitrogens with zero attached hydrogens (tertiary/aromatic N) is 2. The highest BCUT2D eigenvalue weighted by Crippen LogP contribution is 2.22. The average molecular weight is 269 g/mol. The molecule has 0 aliphatic carbocycles. The minimum absolute atomic E-state index is 0.281. The highest BCUT2D eigenvalue weighted by molar-refractivity contribution is 5.89. The van der Waals surface area contributed by atoms with Crippen molar-refractivity contribution in [1.82, 2.24) is 4.98 Å². The minimum atomic E-state index is -0.281. The fraction of sp³-hybridized carbons (Fsp3) is 0.200. The van der Waals surface area contributed by atoms with E-state index in [1.54, 1.807) is 17.3 Å². The lowest BCUT2D eigenvalue weighted by Crippen LogP contribution is -2.23. The molecular weight excluding hydrogens is 254 g/mol. The lowest BCUT2D eigenvalue weighted by atomic mass is 10.2. The summed E-state index contributed by atoms with van der Waals surface area (Å²) in [4.78, 5) is 17.2. The van der Waals surface area contributed by atoms with Gasteiger partial charge >= 0.3 is 6.09 Å². The third-order valence-electron chi connectivity index (χ3n) is 3.16. The van der Waals surface area contributed by atoms with Crippen LogP contribution in [0.2, 0.25) is 0 Å². The van der Waals surface area contributed by atoms with Crippen LogP contribution in [0.5, 0.6) is 0 Å². The average Bonchev–Trinajstić information content (AvgIpc) is 2.93. The summed E-state index contributed by atoms with van der Waals surface area (Å²) in [5, 5.41) is 3.33. The van der Waals surface area contributed by atoms with E-state index in [1.165, 1.54) is 0 Å². The van der Waals surface area contributed by atoms with Gasteiger partial charge in [0.1, 0.15) is 6.61 Å². The maximum absolute atomic E-state index is 11.5. The fourth-order valence-corrected chi connectivity index (χ4v) is 2.12. The minimum Gasteiger partial charge on any atom is -0.447 e. The number of amides is 1. The van der Waals surface area contributed by atoms with Crippen LogP contribution < -0.4 is 10.2 Å². The summed E-state index contributed by atoms with van der Waals surface area (Å²) in [7, 11) is 0. The summed E-state index contributed by atoms with van der Waals surface area (Å²) in [6.07, 6.45) is 3.26. The number of ether oxygens (including phenoxy) is 1. The van der Waals surface area contributed by atoms with Crippen molar-refractivity contribution < 1.29 is 9.53 Å². The standard InChI is InChI=1S/C15H15N3O2/c19-15-18(8-9-20-15)14-3-1-2-13(10-14)17-11-12-4-6-16-7-5-12/h1-7,10,17H,8-9,11H2. The van der Waals surface area contributed by atoms with Crippen molar-refractivity contribution in [3.63, 3.8) is 0 Å². The van der Waals surface area contributed by atoms with Crippen molar-refractivity contribution in [1.29, 1.82) is 0 Å². The van der Waals surface area contributed by atoms with Crippen LogP contribution in [0.15, 0.2) is 48.8 Å². The van der Waals surface area contributed by atoms with Crippen LogP contribution in [0.1, 0.15) is 5.56 Å². The van der Waals surface area contributed by atoms with Crippen molar-refractivity contribution >= 4 is 17.5 Å². The van der Waals surface area contributed by atoms with E-state index in [1.807, 2.05) is 36.4 Å². The molecule has 1 fully saturated rings. The van der Waals surface area contributed by atoms with Crippen LogP contribution in [0.3, 0.4) is 0 Å². The molecule has 5 heteroatoms. The summed E-state index contributed by atoms with van der Waals surface area (Å²) in [6.45, 7) is 1.77. The lowest BCUT2D eigenvalue weighted by molar-refractivity contribution is 0.181. The maximum atomic E-state index is 11.5. The highest BCUT2D eigenvalue weighted by atomic mass is 16.6. The first-order chi connectivity index (χ1) is 9.83. The monoisotopic (exact) mass is 269 g/mol. The number of carbonyl (C=O) groups excluding carboxylic acids is 1. The number of aromatic nitrogens is 1. The molecule has 0 radical (unpaired) electrons. The molecule has 0 saturated carbocycles. The number of benzene rings is 1. The quantitative estimate of drug-likeness (QED) is 0.927. The number of cyclic esters (lactones) is 1. The zero-order valence-electron chi connectivity index (χ0n) is 11.0. The first-order valence-electron chi connectivity index (χ1n) is 6.50. The molecule has 0 bridgehead atoms. The van der Waals surface area contributed by atoms with Crippen LogP contribution in [-0.4, -0.2) is 24.2 Å². The molecule has 0 unspecified atom stereocenters. The van der Waals surface area contributed by atoms with Crippen LogP contribution in [-0.2, 0) is 11.3 Å². The van der Waals surface area contributed by atoms with Gasteiger partial charge in [-0.05, 0) is 35.9 Å². The summed E-state index contributed by atoms with van der Waals surface area (Å²) < 4.78 is 4.95. The SMILES string of the molecule is O=C1OCCN1c1cccc(NCc2ccncc2)c1. The first kappa shape index (κ1) is 12.5. The number of pyridine rings is 1. The third-order valence-corrected chi connectivity index (χ3v) is 3.16. The Bertz CT molecular complexity index is 601. The molecule has 1 aromatic heterocycles. The van der Waals surface area contributed by atoms with Crippen molar-refractivity contribution in [3.8, 4) is 0 Å².